The first-order valence-corrected chi connectivity index (χ1v) is 8.22. The molecule has 0 aliphatic carbocycles. The van der Waals surface area contributed by atoms with Crippen LogP contribution >= 0.6 is 0 Å². The second kappa shape index (κ2) is 8.12. The van der Waals surface area contributed by atoms with Crippen molar-refractivity contribution in [1.29, 1.82) is 0 Å². The monoisotopic (exact) mass is 372 g/mol. The van der Waals surface area contributed by atoms with Crippen LogP contribution in [-0.4, -0.2) is 42.7 Å². The van der Waals surface area contributed by atoms with Crippen molar-refractivity contribution in [3.8, 4) is 5.75 Å². The van der Waals surface area contributed by atoms with E-state index in [4.69, 9.17) is 4.74 Å². The fourth-order valence-corrected chi connectivity index (χ4v) is 2.38. The fraction of sp³-hybridized carbons (Fsp3) is 0.526. The Morgan fingerprint density at radius 1 is 1.38 bits per heavy atom. The number of benzene rings is 1. The highest BCUT2D eigenvalue weighted by Crippen LogP contribution is 2.47. The Labute approximate surface area is 153 Å². The van der Waals surface area contributed by atoms with Crippen LogP contribution in [0, 0.1) is 6.92 Å². The summed E-state index contributed by atoms with van der Waals surface area (Å²) in [5, 5.41) is 10.5. The first kappa shape index (κ1) is 22.0. The molecule has 0 bridgehead atoms. The predicted octanol–water partition coefficient (Wildman–Crippen LogP) is 4.72. The van der Waals surface area contributed by atoms with Gasteiger partial charge >= 0.3 is 6.18 Å². The molecule has 0 fully saturated rings. The van der Waals surface area contributed by atoms with Crippen molar-refractivity contribution in [2.45, 2.75) is 51.9 Å². The molecule has 0 spiro atoms. The molecule has 7 heteroatoms. The smallest absolute Gasteiger partial charge is 0.421 e. The van der Waals surface area contributed by atoms with Gasteiger partial charge in [-0.1, -0.05) is 5.57 Å². The molecule has 0 aliphatic heterocycles. The average molecular weight is 372 g/mol. The van der Waals surface area contributed by atoms with E-state index in [1.54, 1.807) is 13.3 Å². The Kier molecular flexibility index (Phi) is 6.88. The molecule has 1 unspecified atom stereocenters. The van der Waals surface area contributed by atoms with Crippen molar-refractivity contribution in [2.24, 2.45) is 4.99 Å². The van der Waals surface area contributed by atoms with Gasteiger partial charge in [-0.05, 0) is 39.3 Å². The van der Waals surface area contributed by atoms with E-state index in [2.05, 4.69) is 11.6 Å². The van der Waals surface area contributed by atoms with Gasteiger partial charge in [-0.2, -0.15) is 13.2 Å². The molecule has 1 rings (SSSR count). The first-order chi connectivity index (χ1) is 11.8. The Hall–Kier alpha value is -2.02. The molecule has 0 heterocycles. The van der Waals surface area contributed by atoms with Crippen molar-refractivity contribution in [2.75, 3.05) is 14.2 Å². The van der Waals surface area contributed by atoms with Gasteiger partial charge in [0, 0.05) is 31.1 Å². The minimum Gasteiger partial charge on any atom is -0.496 e. The molecule has 0 saturated carbocycles. The van der Waals surface area contributed by atoms with Gasteiger partial charge in [-0.3, -0.25) is 0 Å². The molecule has 146 valence electrons. The maximum Gasteiger partial charge on any atom is 0.421 e. The van der Waals surface area contributed by atoms with Crippen molar-refractivity contribution < 1.29 is 23.0 Å². The van der Waals surface area contributed by atoms with Crippen LogP contribution in [0.3, 0.4) is 0 Å². The molecule has 1 aromatic rings. The molecule has 26 heavy (non-hydrogen) atoms. The summed E-state index contributed by atoms with van der Waals surface area (Å²) in [6, 6.07) is 2.91. The summed E-state index contributed by atoms with van der Waals surface area (Å²) in [6.45, 7) is 10.6. The zero-order valence-corrected chi connectivity index (χ0v) is 16.1. The van der Waals surface area contributed by atoms with Gasteiger partial charge in [0.2, 0.25) is 0 Å². The van der Waals surface area contributed by atoms with E-state index in [1.165, 1.54) is 26.2 Å². The predicted molar refractivity (Wildman–Crippen MR) is 98.2 cm³/mol. The van der Waals surface area contributed by atoms with E-state index < -0.39 is 18.2 Å². The Morgan fingerprint density at radius 3 is 2.38 bits per heavy atom. The van der Waals surface area contributed by atoms with Crippen LogP contribution in [-0.2, 0) is 5.60 Å². The van der Waals surface area contributed by atoms with Gasteiger partial charge < -0.3 is 14.7 Å². The van der Waals surface area contributed by atoms with Gasteiger partial charge in [0.25, 0.3) is 0 Å². The second-order valence-electron chi connectivity index (χ2n) is 6.83. The van der Waals surface area contributed by atoms with E-state index in [-0.39, 0.29) is 22.9 Å². The summed E-state index contributed by atoms with van der Waals surface area (Å²) in [4.78, 5) is 6.19. The summed E-state index contributed by atoms with van der Waals surface area (Å²) in [6.07, 6.45) is -3.92. The van der Waals surface area contributed by atoms with Crippen molar-refractivity contribution in [1.82, 2.24) is 4.90 Å². The number of aliphatic hydroxyl groups is 1. The quantitative estimate of drug-likeness (QED) is 0.428. The van der Waals surface area contributed by atoms with Crippen LogP contribution in [0.15, 0.2) is 29.3 Å². The lowest BCUT2D eigenvalue weighted by Crippen LogP contribution is -2.42. The Morgan fingerprint density at radius 2 is 1.96 bits per heavy atom. The minimum atomic E-state index is -4.88. The number of rotatable bonds is 7. The number of hydrogen-bond acceptors (Lipinski definition) is 3. The number of aliphatic imine (C=N–C) groups is 1. The van der Waals surface area contributed by atoms with Crippen molar-refractivity contribution >= 4 is 12.0 Å². The SMILES string of the molecule is C=C(C)CC(O)(c1cc(C)c(/N=C\N(C)C(C)C)cc1OC)C(F)(F)F. The highest BCUT2D eigenvalue weighted by molar-refractivity contribution is 5.65. The van der Waals surface area contributed by atoms with E-state index in [0.29, 0.717) is 11.3 Å². The van der Waals surface area contributed by atoms with Crippen LogP contribution in [0.4, 0.5) is 18.9 Å². The third-order valence-corrected chi connectivity index (χ3v) is 4.18. The van der Waals surface area contributed by atoms with Gasteiger partial charge in [0.15, 0.2) is 5.60 Å². The molecule has 1 atom stereocenters. The average Bonchev–Trinajstić information content (AvgIpc) is 2.51. The van der Waals surface area contributed by atoms with Gasteiger partial charge in [-0.25, -0.2) is 4.99 Å². The summed E-state index contributed by atoms with van der Waals surface area (Å²) >= 11 is 0. The van der Waals surface area contributed by atoms with Crippen LogP contribution in [0.2, 0.25) is 0 Å². The zero-order valence-electron chi connectivity index (χ0n) is 16.1. The molecular weight excluding hydrogens is 345 g/mol. The molecule has 0 amide bonds. The minimum absolute atomic E-state index is 0.0731. The number of ether oxygens (including phenoxy) is 1. The normalized spacial score (nSPS) is 14.6. The molecule has 1 N–H and O–H groups in total. The molecule has 0 saturated heterocycles. The number of alkyl halides is 3. The third-order valence-electron chi connectivity index (χ3n) is 4.18. The van der Waals surface area contributed by atoms with Crippen molar-refractivity contribution in [3.05, 3.63) is 35.4 Å². The highest BCUT2D eigenvalue weighted by atomic mass is 19.4. The molecular formula is C19H27F3N2O2. The third kappa shape index (κ3) is 4.78. The molecule has 4 nitrogen and oxygen atoms in total. The summed E-state index contributed by atoms with van der Waals surface area (Å²) < 4.78 is 46.1. The van der Waals surface area contributed by atoms with E-state index >= 15 is 0 Å². The van der Waals surface area contributed by atoms with Crippen LogP contribution < -0.4 is 4.74 Å². The Balaban J connectivity index is 3.50. The van der Waals surface area contributed by atoms with Crippen LogP contribution in [0.1, 0.15) is 38.3 Å². The fourth-order valence-electron chi connectivity index (χ4n) is 2.38. The largest absolute Gasteiger partial charge is 0.496 e. The number of halogens is 3. The lowest BCUT2D eigenvalue weighted by Gasteiger charge is -2.32. The van der Waals surface area contributed by atoms with E-state index in [1.807, 2.05) is 25.8 Å². The van der Waals surface area contributed by atoms with Gasteiger partial charge in [-0.15, -0.1) is 6.58 Å². The second-order valence-corrected chi connectivity index (χ2v) is 6.83. The Bertz CT molecular complexity index is 684. The summed E-state index contributed by atoms with van der Waals surface area (Å²) in [5.41, 5.74) is -2.24. The topological polar surface area (TPSA) is 45.1 Å². The number of methoxy groups -OCH3 is 1. The zero-order chi connectivity index (χ0) is 20.3. The van der Waals surface area contributed by atoms with Crippen molar-refractivity contribution in [3.63, 3.8) is 0 Å². The van der Waals surface area contributed by atoms with Crippen LogP contribution in [0.5, 0.6) is 5.75 Å². The maximum atomic E-state index is 13.7. The summed E-state index contributed by atoms with van der Waals surface area (Å²) in [7, 11) is 3.11. The molecule has 0 radical (unpaired) electrons. The highest BCUT2D eigenvalue weighted by Gasteiger charge is 2.56. The summed E-state index contributed by atoms with van der Waals surface area (Å²) in [5.74, 6) is -0.0731. The maximum absolute atomic E-state index is 13.7. The number of aryl methyl sites for hydroxylation is 1. The van der Waals surface area contributed by atoms with E-state index in [9.17, 15) is 18.3 Å². The van der Waals surface area contributed by atoms with Gasteiger partial charge in [0.1, 0.15) is 5.75 Å². The van der Waals surface area contributed by atoms with Crippen LogP contribution in [0.25, 0.3) is 0 Å². The molecule has 0 aliphatic rings. The van der Waals surface area contributed by atoms with E-state index in [0.717, 1.165) is 0 Å². The standard InChI is InChI=1S/C19H27F3N2O2/c1-12(2)10-18(25,19(20,21)22)15-8-14(5)16(9-17(15)26-7)23-11-24(6)13(3)4/h8-9,11,13,25H,1,10H2,2-7H3/b23-11-. The first-order valence-electron chi connectivity index (χ1n) is 8.22. The number of nitrogens with zero attached hydrogens (tertiary/aromatic N) is 2. The lowest BCUT2D eigenvalue weighted by molar-refractivity contribution is -0.266. The number of hydrogen-bond donors (Lipinski definition) is 1. The molecule has 0 aromatic heterocycles. The molecule has 1 aromatic carbocycles. The lowest BCUT2D eigenvalue weighted by atomic mass is 9.85. The van der Waals surface area contributed by atoms with Gasteiger partial charge in [0.05, 0.1) is 19.1 Å².